The zero-order valence-electron chi connectivity index (χ0n) is 11.3. The van der Waals surface area contributed by atoms with Gasteiger partial charge in [-0.3, -0.25) is 4.79 Å². The average Bonchev–Trinajstić information content (AvgIpc) is 2.90. The predicted molar refractivity (Wildman–Crippen MR) is 88.0 cm³/mol. The Bertz CT molecular complexity index is 781. The molecule has 0 aliphatic heterocycles. The Labute approximate surface area is 130 Å². The van der Waals surface area contributed by atoms with E-state index in [0.717, 1.165) is 19.5 Å². The SMILES string of the molecule is CNC(=O)c1ccc(Sc2nc3ccccc3s2)c(N)c1. The standard InChI is InChI=1S/C15H13N3OS2/c1-17-14(19)9-6-7-12(10(16)8-9)20-15-18-11-4-2-3-5-13(11)21-15/h2-8H,16H2,1H3,(H,17,19). The van der Waals surface area contributed by atoms with Gasteiger partial charge in [0.25, 0.3) is 5.91 Å². The van der Waals surface area contributed by atoms with Gasteiger partial charge in [0, 0.05) is 23.2 Å². The van der Waals surface area contributed by atoms with Gasteiger partial charge in [0.1, 0.15) is 0 Å². The lowest BCUT2D eigenvalue weighted by Crippen LogP contribution is -2.17. The number of rotatable bonds is 3. The highest BCUT2D eigenvalue weighted by Crippen LogP contribution is 2.37. The third kappa shape index (κ3) is 2.86. The van der Waals surface area contributed by atoms with Crippen LogP contribution in [0.2, 0.25) is 0 Å². The number of carbonyl (C=O) groups excluding carboxylic acids is 1. The first-order valence-corrected chi connectivity index (χ1v) is 7.95. The van der Waals surface area contributed by atoms with Crippen LogP contribution >= 0.6 is 23.1 Å². The molecule has 3 N–H and O–H groups in total. The summed E-state index contributed by atoms with van der Waals surface area (Å²) in [6, 6.07) is 13.3. The monoisotopic (exact) mass is 315 g/mol. The van der Waals surface area contributed by atoms with E-state index < -0.39 is 0 Å². The summed E-state index contributed by atoms with van der Waals surface area (Å²) in [6.45, 7) is 0. The van der Waals surface area contributed by atoms with Gasteiger partial charge in [-0.05, 0) is 30.3 Å². The number of nitrogens with two attached hydrogens (primary N) is 1. The summed E-state index contributed by atoms with van der Waals surface area (Å²) in [4.78, 5) is 17.0. The van der Waals surface area contributed by atoms with Gasteiger partial charge in [-0.15, -0.1) is 11.3 Å². The number of thiazole rings is 1. The first kappa shape index (κ1) is 13.9. The number of carbonyl (C=O) groups is 1. The number of fused-ring (bicyclic) bond motifs is 1. The first-order chi connectivity index (χ1) is 10.2. The van der Waals surface area contributed by atoms with Gasteiger partial charge in [-0.1, -0.05) is 23.9 Å². The van der Waals surface area contributed by atoms with E-state index in [1.807, 2.05) is 24.3 Å². The van der Waals surface area contributed by atoms with E-state index in [1.54, 1.807) is 30.5 Å². The van der Waals surface area contributed by atoms with Crippen LogP contribution in [0.15, 0.2) is 51.7 Å². The Morgan fingerprint density at radius 3 is 2.81 bits per heavy atom. The zero-order chi connectivity index (χ0) is 14.8. The molecule has 1 aromatic heterocycles. The van der Waals surface area contributed by atoms with Gasteiger partial charge < -0.3 is 11.1 Å². The number of nitrogens with zero attached hydrogens (tertiary/aromatic N) is 1. The number of nitrogens with one attached hydrogen (secondary N) is 1. The number of benzene rings is 2. The molecule has 0 bridgehead atoms. The van der Waals surface area contributed by atoms with E-state index in [4.69, 9.17) is 5.73 Å². The molecule has 4 nitrogen and oxygen atoms in total. The Kier molecular flexibility index (Phi) is 3.81. The maximum absolute atomic E-state index is 11.6. The highest BCUT2D eigenvalue weighted by Gasteiger charge is 2.10. The van der Waals surface area contributed by atoms with Crippen LogP contribution in [-0.4, -0.2) is 17.9 Å². The molecule has 0 fully saturated rings. The molecule has 2 aromatic carbocycles. The highest BCUT2D eigenvalue weighted by molar-refractivity contribution is 8.01. The molecule has 106 valence electrons. The molecule has 0 saturated heterocycles. The Hall–Kier alpha value is -2.05. The molecule has 3 rings (SSSR count). The molecular formula is C15H13N3OS2. The quantitative estimate of drug-likeness (QED) is 0.727. The van der Waals surface area contributed by atoms with Crippen LogP contribution < -0.4 is 11.1 Å². The van der Waals surface area contributed by atoms with Crippen molar-refractivity contribution in [1.82, 2.24) is 10.3 Å². The van der Waals surface area contributed by atoms with Gasteiger partial charge in [0.05, 0.1) is 10.2 Å². The molecule has 1 amide bonds. The molecule has 0 atom stereocenters. The molecule has 3 aromatic rings. The van der Waals surface area contributed by atoms with E-state index in [-0.39, 0.29) is 5.91 Å². The predicted octanol–water partition coefficient (Wildman–Crippen LogP) is 3.39. The van der Waals surface area contributed by atoms with E-state index in [1.165, 1.54) is 11.8 Å². The molecule has 21 heavy (non-hydrogen) atoms. The molecule has 0 spiro atoms. The van der Waals surface area contributed by atoms with Crippen molar-refractivity contribution < 1.29 is 4.79 Å². The lowest BCUT2D eigenvalue weighted by molar-refractivity contribution is 0.0963. The van der Waals surface area contributed by atoms with Gasteiger partial charge in [-0.25, -0.2) is 4.98 Å². The minimum atomic E-state index is -0.141. The van der Waals surface area contributed by atoms with Gasteiger partial charge in [0.2, 0.25) is 0 Å². The maximum Gasteiger partial charge on any atom is 0.251 e. The van der Waals surface area contributed by atoms with Crippen molar-refractivity contribution in [3.63, 3.8) is 0 Å². The minimum Gasteiger partial charge on any atom is -0.398 e. The Morgan fingerprint density at radius 1 is 1.29 bits per heavy atom. The highest BCUT2D eigenvalue weighted by atomic mass is 32.2. The summed E-state index contributed by atoms with van der Waals surface area (Å²) in [5.41, 5.74) is 8.17. The molecule has 0 unspecified atom stereocenters. The molecule has 0 radical (unpaired) electrons. The number of amides is 1. The fourth-order valence-electron chi connectivity index (χ4n) is 1.92. The van der Waals surface area contributed by atoms with E-state index in [9.17, 15) is 4.79 Å². The molecule has 0 saturated carbocycles. The van der Waals surface area contributed by atoms with Crippen LogP contribution in [0.25, 0.3) is 10.2 Å². The van der Waals surface area contributed by atoms with Crippen LogP contribution in [0.5, 0.6) is 0 Å². The van der Waals surface area contributed by atoms with Gasteiger partial charge in [0.15, 0.2) is 4.34 Å². The second kappa shape index (κ2) is 5.75. The van der Waals surface area contributed by atoms with Crippen molar-refractivity contribution in [3.05, 3.63) is 48.0 Å². The fraction of sp³-hybridized carbons (Fsp3) is 0.0667. The molecule has 1 heterocycles. The average molecular weight is 315 g/mol. The Balaban J connectivity index is 1.89. The third-order valence-electron chi connectivity index (χ3n) is 2.97. The first-order valence-electron chi connectivity index (χ1n) is 6.32. The minimum absolute atomic E-state index is 0.141. The topological polar surface area (TPSA) is 68.0 Å². The van der Waals surface area contributed by atoms with Crippen LogP contribution in [-0.2, 0) is 0 Å². The second-order valence-electron chi connectivity index (χ2n) is 4.38. The Morgan fingerprint density at radius 2 is 2.10 bits per heavy atom. The van der Waals surface area contributed by atoms with E-state index in [2.05, 4.69) is 16.4 Å². The number of nitrogen functional groups attached to an aromatic ring is 1. The second-order valence-corrected chi connectivity index (χ2v) is 6.70. The number of para-hydroxylation sites is 1. The zero-order valence-corrected chi connectivity index (χ0v) is 12.9. The van der Waals surface area contributed by atoms with Crippen LogP contribution in [0, 0.1) is 0 Å². The van der Waals surface area contributed by atoms with Crippen molar-refractivity contribution >= 4 is 44.9 Å². The lowest BCUT2D eigenvalue weighted by Gasteiger charge is -2.05. The van der Waals surface area contributed by atoms with Crippen molar-refractivity contribution in [2.45, 2.75) is 9.24 Å². The van der Waals surface area contributed by atoms with E-state index >= 15 is 0 Å². The number of hydrogen-bond donors (Lipinski definition) is 2. The summed E-state index contributed by atoms with van der Waals surface area (Å²) in [7, 11) is 1.60. The molecule has 0 aliphatic carbocycles. The largest absolute Gasteiger partial charge is 0.398 e. The number of anilines is 1. The van der Waals surface area contributed by atoms with E-state index in [0.29, 0.717) is 11.3 Å². The van der Waals surface area contributed by atoms with Gasteiger partial charge >= 0.3 is 0 Å². The fourth-order valence-corrected chi connectivity index (χ4v) is 3.96. The third-order valence-corrected chi connectivity index (χ3v) is 5.16. The summed E-state index contributed by atoms with van der Waals surface area (Å²) >= 11 is 3.15. The molecular weight excluding hydrogens is 302 g/mol. The summed E-state index contributed by atoms with van der Waals surface area (Å²) in [5.74, 6) is -0.141. The summed E-state index contributed by atoms with van der Waals surface area (Å²) in [6.07, 6.45) is 0. The van der Waals surface area contributed by atoms with Gasteiger partial charge in [-0.2, -0.15) is 0 Å². The smallest absolute Gasteiger partial charge is 0.251 e. The number of aromatic nitrogens is 1. The van der Waals surface area contributed by atoms with Crippen LogP contribution in [0.4, 0.5) is 5.69 Å². The maximum atomic E-state index is 11.6. The molecule has 0 aliphatic rings. The van der Waals surface area contributed by atoms with Crippen LogP contribution in [0.1, 0.15) is 10.4 Å². The van der Waals surface area contributed by atoms with Crippen molar-refractivity contribution in [2.75, 3.05) is 12.8 Å². The van der Waals surface area contributed by atoms with Crippen LogP contribution in [0.3, 0.4) is 0 Å². The molecule has 6 heteroatoms. The van der Waals surface area contributed by atoms with Crippen molar-refractivity contribution in [2.24, 2.45) is 0 Å². The van der Waals surface area contributed by atoms with Crippen molar-refractivity contribution in [3.8, 4) is 0 Å². The summed E-state index contributed by atoms with van der Waals surface area (Å²) in [5, 5.41) is 2.58. The van der Waals surface area contributed by atoms with Crippen molar-refractivity contribution in [1.29, 1.82) is 0 Å². The normalized spacial score (nSPS) is 10.7. The lowest BCUT2D eigenvalue weighted by atomic mass is 10.2. The number of hydrogen-bond acceptors (Lipinski definition) is 5. The summed E-state index contributed by atoms with van der Waals surface area (Å²) < 4.78 is 2.09.